The van der Waals surface area contributed by atoms with Gasteiger partial charge in [-0.3, -0.25) is 0 Å². The minimum Gasteiger partial charge on any atom is -0.393 e. The van der Waals surface area contributed by atoms with Gasteiger partial charge in [0, 0.05) is 5.41 Å². The third-order valence-electron chi connectivity index (χ3n) is 8.15. The molecule has 4 aliphatic rings. The van der Waals surface area contributed by atoms with Gasteiger partial charge in [0.15, 0.2) is 0 Å². The molecule has 0 aromatic carbocycles. The molecule has 3 nitrogen and oxygen atoms in total. The fourth-order valence-corrected chi connectivity index (χ4v) is 6.94. The maximum Gasteiger partial charge on any atom is 0.144 e. The predicted molar refractivity (Wildman–Crippen MR) is 89.9 cm³/mol. The molecule has 0 bridgehead atoms. The van der Waals surface area contributed by atoms with Crippen LogP contribution < -0.4 is 0 Å². The van der Waals surface area contributed by atoms with E-state index in [9.17, 15) is 15.3 Å². The van der Waals surface area contributed by atoms with Gasteiger partial charge in [0.1, 0.15) is 5.06 Å². The Bertz CT molecular complexity index is 545. The van der Waals surface area contributed by atoms with Crippen LogP contribution in [0.4, 0.5) is 0 Å². The Labute approximate surface area is 143 Å². The molecule has 0 heterocycles. The number of hydrogen-bond donors (Lipinski definition) is 3. The molecule has 0 spiro atoms. The van der Waals surface area contributed by atoms with Gasteiger partial charge in [-0.1, -0.05) is 37.1 Å². The topological polar surface area (TPSA) is 60.7 Å². The van der Waals surface area contributed by atoms with E-state index in [1.165, 1.54) is 5.57 Å². The van der Waals surface area contributed by atoms with Crippen molar-refractivity contribution in [3.8, 4) is 0 Å². The lowest BCUT2D eigenvalue weighted by molar-refractivity contribution is -0.116. The Morgan fingerprint density at radius 1 is 1.04 bits per heavy atom. The summed E-state index contributed by atoms with van der Waals surface area (Å²) in [5.74, 6) is 0.902. The normalized spacial score (nSPS) is 58.9. The molecule has 8 atom stereocenters. The maximum absolute atomic E-state index is 10.9. The molecule has 4 aliphatic carbocycles. The van der Waals surface area contributed by atoms with Crippen LogP contribution in [0, 0.1) is 28.6 Å². The summed E-state index contributed by atoms with van der Waals surface area (Å²) in [4.78, 5) is 0. The average molecular weight is 341 g/mol. The van der Waals surface area contributed by atoms with Gasteiger partial charge in [0.05, 0.1) is 12.2 Å². The molecule has 0 amide bonds. The number of rotatable bonds is 0. The molecule has 3 unspecified atom stereocenters. The van der Waals surface area contributed by atoms with E-state index in [1.807, 2.05) is 6.08 Å². The lowest BCUT2D eigenvalue weighted by Crippen LogP contribution is -2.56. The summed E-state index contributed by atoms with van der Waals surface area (Å²) in [5.41, 5.74) is 1.05. The molecule has 3 fully saturated rings. The molecular formula is C19H29ClO3. The first-order valence-corrected chi connectivity index (χ1v) is 9.55. The zero-order valence-electron chi connectivity index (χ0n) is 14.1. The first-order valence-electron chi connectivity index (χ1n) is 9.18. The van der Waals surface area contributed by atoms with Crippen molar-refractivity contribution in [2.24, 2.45) is 28.6 Å². The zero-order valence-corrected chi connectivity index (χ0v) is 14.9. The molecule has 0 aromatic rings. The second kappa shape index (κ2) is 4.97. The molecule has 3 N–H and O–H groups in total. The number of alkyl halides is 1. The van der Waals surface area contributed by atoms with Crippen molar-refractivity contribution in [1.29, 1.82) is 0 Å². The van der Waals surface area contributed by atoms with Crippen LogP contribution in [0.2, 0.25) is 0 Å². The van der Waals surface area contributed by atoms with Gasteiger partial charge in [-0.2, -0.15) is 0 Å². The van der Waals surface area contributed by atoms with E-state index in [0.717, 1.165) is 32.1 Å². The molecule has 3 saturated carbocycles. The molecule has 0 saturated heterocycles. The number of hydrogen-bond acceptors (Lipinski definition) is 3. The molecule has 0 radical (unpaired) electrons. The van der Waals surface area contributed by atoms with E-state index in [1.54, 1.807) is 0 Å². The van der Waals surface area contributed by atoms with E-state index < -0.39 is 11.2 Å². The Morgan fingerprint density at radius 3 is 2.48 bits per heavy atom. The van der Waals surface area contributed by atoms with Crippen molar-refractivity contribution < 1.29 is 15.3 Å². The summed E-state index contributed by atoms with van der Waals surface area (Å²) in [6, 6.07) is 0. The number of fused-ring (bicyclic) bond motifs is 5. The monoisotopic (exact) mass is 340 g/mol. The summed E-state index contributed by atoms with van der Waals surface area (Å²) >= 11 is 6.48. The summed E-state index contributed by atoms with van der Waals surface area (Å²) in [6.07, 6.45) is 7.32. The predicted octanol–water partition coefficient (Wildman–Crippen LogP) is 3.21. The van der Waals surface area contributed by atoms with Gasteiger partial charge >= 0.3 is 0 Å². The van der Waals surface area contributed by atoms with Gasteiger partial charge in [-0.05, 0) is 68.1 Å². The van der Waals surface area contributed by atoms with Gasteiger partial charge in [0.25, 0.3) is 0 Å². The van der Waals surface area contributed by atoms with Crippen LogP contribution in [0.15, 0.2) is 11.6 Å². The number of aliphatic hydroxyl groups is 3. The Hall–Kier alpha value is -0.0900. The summed E-state index contributed by atoms with van der Waals surface area (Å²) in [6.45, 7) is 4.45. The third-order valence-corrected chi connectivity index (χ3v) is 8.78. The molecular weight excluding hydrogens is 312 g/mol. The first kappa shape index (κ1) is 16.4. The highest BCUT2D eigenvalue weighted by Crippen LogP contribution is 2.67. The lowest BCUT2D eigenvalue weighted by atomic mass is 9.47. The van der Waals surface area contributed by atoms with Crippen molar-refractivity contribution in [2.45, 2.75) is 76.1 Å². The molecule has 4 rings (SSSR count). The molecule has 23 heavy (non-hydrogen) atoms. The van der Waals surface area contributed by atoms with Crippen LogP contribution in [0.25, 0.3) is 0 Å². The average Bonchev–Trinajstić information content (AvgIpc) is 2.72. The van der Waals surface area contributed by atoms with Crippen molar-refractivity contribution in [1.82, 2.24) is 0 Å². The van der Waals surface area contributed by atoms with E-state index in [-0.39, 0.29) is 28.8 Å². The van der Waals surface area contributed by atoms with Gasteiger partial charge < -0.3 is 15.3 Å². The van der Waals surface area contributed by atoms with Crippen molar-refractivity contribution in [3.63, 3.8) is 0 Å². The minimum absolute atomic E-state index is 0.0947. The van der Waals surface area contributed by atoms with Crippen molar-refractivity contribution in [2.75, 3.05) is 0 Å². The minimum atomic E-state index is -1.13. The van der Waals surface area contributed by atoms with E-state index in [2.05, 4.69) is 13.8 Å². The summed E-state index contributed by atoms with van der Waals surface area (Å²) < 4.78 is 0. The molecule has 4 heteroatoms. The quantitative estimate of drug-likeness (QED) is 0.469. The molecule has 0 aromatic heterocycles. The Morgan fingerprint density at radius 2 is 1.74 bits per heavy atom. The Kier molecular flexibility index (Phi) is 3.54. The second-order valence-corrected chi connectivity index (χ2v) is 9.67. The van der Waals surface area contributed by atoms with Crippen LogP contribution in [-0.2, 0) is 0 Å². The Balaban J connectivity index is 1.74. The third kappa shape index (κ3) is 2.06. The zero-order chi connectivity index (χ0) is 16.6. The fraction of sp³-hybridized carbons (Fsp3) is 0.895. The second-order valence-electron chi connectivity index (χ2n) is 9.04. The maximum atomic E-state index is 10.9. The number of aliphatic hydroxyl groups excluding tert-OH is 2. The highest BCUT2D eigenvalue weighted by molar-refractivity contribution is 6.23. The van der Waals surface area contributed by atoms with Crippen LogP contribution in [0.5, 0.6) is 0 Å². The smallest absolute Gasteiger partial charge is 0.144 e. The van der Waals surface area contributed by atoms with E-state index >= 15 is 0 Å². The summed E-state index contributed by atoms with van der Waals surface area (Å²) in [5, 5.41) is 30.5. The fourth-order valence-electron chi connectivity index (χ4n) is 6.59. The molecule has 0 aliphatic heterocycles. The van der Waals surface area contributed by atoms with Crippen LogP contribution in [0.1, 0.15) is 58.8 Å². The van der Waals surface area contributed by atoms with E-state index in [4.69, 9.17) is 11.6 Å². The number of halogens is 1. The highest BCUT2D eigenvalue weighted by Gasteiger charge is 2.64. The SMILES string of the molecule is C[C@]12CCC(O)CC1=CC(O)[C@@H]1[C@H]2CC[C@@]2(C)[C@H]1CCC2(O)Cl. The van der Waals surface area contributed by atoms with E-state index in [0.29, 0.717) is 18.8 Å². The highest BCUT2D eigenvalue weighted by atomic mass is 35.5. The van der Waals surface area contributed by atoms with Gasteiger partial charge in [-0.15, -0.1) is 0 Å². The largest absolute Gasteiger partial charge is 0.393 e. The van der Waals surface area contributed by atoms with Crippen LogP contribution >= 0.6 is 11.6 Å². The van der Waals surface area contributed by atoms with Gasteiger partial charge in [0.2, 0.25) is 0 Å². The van der Waals surface area contributed by atoms with Crippen molar-refractivity contribution >= 4 is 11.6 Å². The van der Waals surface area contributed by atoms with Gasteiger partial charge in [-0.25, -0.2) is 0 Å². The standard InChI is InChI=1S/C19H29ClO3/c1-17-6-3-12(21)9-11(17)10-15(22)16-13(17)4-7-18(2)14(16)5-8-19(18,20)23/h10,12-16,21-23H,3-9H2,1-2H3/t12?,13-,14+,15?,16-,17+,18+,19?/m1/s1. The lowest BCUT2D eigenvalue weighted by Gasteiger charge is -2.59. The first-order chi connectivity index (χ1) is 10.7. The van der Waals surface area contributed by atoms with Crippen molar-refractivity contribution in [3.05, 3.63) is 11.6 Å². The summed E-state index contributed by atoms with van der Waals surface area (Å²) in [7, 11) is 0. The van der Waals surface area contributed by atoms with Crippen LogP contribution in [-0.4, -0.2) is 32.6 Å². The van der Waals surface area contributed by atoms with Crippen LogP contribution in [0.3, 0.4) is 0 Å². The molecule has 130 valence electrons.